The minimum atomic E-state index is -0.544. The van der Waals surface area contributed by atoms with Crippen LogP contribution in [0.25, 0.3) is 0 Å². The van der Waals surface area contributed by atoms with Gasteiger partial charge in [-0.05, 0) is 6.42 Å². The number of carbonyl (C=O) groups excluding carboxylic acids is 2. The predicted molar refractivity (Wildman–Crippen MR) is 49.7 cm³/mol. The van der Waals surface area contributed by atoms with E-state index in [1.165, 1.54) is 0 Å². The van der Waals surface area contributed by atoms with Crippen LogP contribution < -0.4 is 16.8 Å². The Hall–Kier alpha value is -1.10. The molecule has 0 aliphatic heterocycles. The van der Waals surface area contributed by atoms with Gasteiger partial charge in [0.2, 0.25) is 11.8 Å². The van der Waals surface area contributed by atoms with E-state index in [2.05, 4.69) is 5.32 Å². The predicted octanol–water partition coefficient (Wildman–Crippen LogP) is -0.895. The van der Waals surface area contributed by atoms with Crippen molar-refractivity contribution in [3.05, 3.63) is 0 Å². The lowest BCUT2D eigenvalue weighted by Crippen LogP contribution is -2.36. The van der Waals surface area contributed by atoms with E-state index < -0.39 is 5.91 Å². The highest BCUT2D eigenvalue weighted by molar-refractivity contribution is 5.83. The molecule has 5 heteroatoms. The smallest absolute Gasteiger partial charge is 0.236 e. The second kappa shape index (κ2) is 6.42. The molecule has 0 fully saturated rings. The minimum Gasteiger partial charge on any atom is -0.368 e. The molecule has 0 radical (unpaired) electrons. The van der Waals surface area contributed by atoms with Crippen LogP contribution in [0.1, 0.15) is 26.2 Å². The number of nitrogens with two attached hydrogens (primary N) is 2. The van der Waals surface area contributed by atoms with Crippen molar-refractivity contribution < 1.29 is 9.59 Å². The summed E-state index contributed by atoms with van der Waals surface area (Å²) >= 11 is 0. The third-order valence-electron chi connectivity index (χ3n) is 1.57. The Kier molecular flexibility index (Phi) is 5.88. The molecule has 0 aliphatic carbocycles. The monoisotopic (exact) mass is 187 g/mol. The zero-order valence-corrected chi connectivity index (χ0v) is 7.88. The number of rotatable bonds is 6. The van der Waals surface area contributed by atoms with Crippen LogP contribution in [0.4, 0.5) is 0 Å². The van der Waals surface area contributed by atoms with Gasteiger partial charge in [-0.3, -0.25) is 9.59 Å². The molecule has 5 nitrogen and oxygen atoms in total. The quantitative estimate of drug-likeness (QED) is 0.503. The molecule has 0 aromatic carbocycles. The van der Waals surface area contributed by atoms with Gasteiger partial charge in [-0.1, -0.05) is 13.3 Å². The minimum absolute atomic E-state index is 0.113. The molecule has 2 amide bonds. The van der Waals surface area contributed by atoms with E-state index >= 15 is 0 Å². The first-order valence-electron chi connectivity index (χ1n) is 4.36. The Labute approximate surface area is 77.8 Å². The van der Waals surface area contributed by atoms with Crippen LogP contribution in [-0.4, -0.2) is 24.4 Å². The van der Waals surface area contributed by atoms with Crippen molar-refractivity contribution >= 4 is 11.8 Å². The summed E-state index contributed by atoms with van der Waals surface area (Å²) in [6.45, 7) is 1.89. The van der Waals surface area contributed by atoms with Crippen LogP contribution in [-0.2, 0) is 9.59 Å². The maximum Gasteiger partial charge on any atom is 0.236 e. The van der Waals surface area contributed by atoms with Gasteiger partial charge in [0.1, 0.15) is 0 Å². The second-order valence-electron chi connectivity index (χ2n) is 3.00. The Balaban J connectivity index is 3.55. The Morgan fingerprint density at radius 1 is 1.46 bits per heavy atom. The van der Waals surface area contributed by atoms with E-state index in [0.29, 0.717) is 0 Å². The molecule has 1 unspecified atom stereocenters. The van der Waals surface area contributed by atoms with Crippen molar-refractivity contribution in [1.82, 2.24) is 5.32 Å². The Bertz CT molecular complexity index is 182. The van der Waals surface area contributed by atoms with E-state index in [0.717, 1.165) is 12.8 Å². The molecule has 5 N–H and O–H groups in total. The van der Waals surface area contributed by atoms with Crippen molar-refractivity contribution in [1.29, 1.82) is 0 Å². The van der Waals surface area contributed by atoms with Gasteiger partial charge in [0.15, 0.2) is 0 Å². The molecular weight excluding hydrogens is 170 g/mol. The van der Waals surface area contributed by atoms with Crippen LogP contribution in [0.15, 0.2) is 0 Å². The van der Waals surface area contributed by atoms with Crippen molar-refractivity contribution in [3.8, 4) is 0 Å². The van der Waals surface area contributed by atoms with Crippen LogP contribution in [0.5, 0.6) is 0 Å². The van der Waals surface area contributed by atoms with E-state index in [1.54, 1.807) is 0 Å². The first kappa shape index (κ1) is 11.9. The van der Waals surface area contributed by atoms with Crippen LogP contribution >= 0.6 is 0 Å². The van der Waals surface area contributed by atoms with Crippen molar-refractivity contribution in [2.75, 3.05) is 6.54 Å². The second-order valence-corrected chi connectivity index (χ2v) is 3.00. The van der Waals surface area contributed by atoms with E-state index in [9.17, 15) is 9.59 Å². The summed E-state index contributed by atoms with van der Waals surface area (Å²) in [5, 5.41) is 2.38. The number of primary amides is 1. The third kappa shape index (κ3) is 7.27. The van der Waals surface area contributed by atoms with Gasteiger partial charge in [-0.15, -0.1) is 0 Å². The molecule has 1 atom stereocenters. The topological polar surface area (TPSA) is 98.2 Å². The molecule has 0 spiro atoms. The standard InChI is InChI=1S/C8H17N3O2/c1-2-3-6(9)4-8(13)11-5-7(10)12/h6H,2-5,9H2,1H3,(H2,10,12)(H,11,13). The van der Waals surface area contributed by atoms with E-state index in [1.807, 2.05) is 6.92 Å². The van der Waals surface area contributed by atoms with Crippen molar-refractivity contribution in [2.24, 2.45) is 11.5 Å². The van der Waals surface area contributed by atoms with Crippen LogP contribution in [0, 0.1) is 0 Å². The fraction of sp³-hybridized carbons (Fsp3) is 0.750. The van der Waals surface area contributed by atoms with Gasteiger partial charge in [-0.2, -0.15) is 0 Å². The SMILES string of the molecule is CCCC(N)CC(=O)NCC(N)=O. The largest absolute Gasteiger partial charge is 0.368 e. The first-order chi connectivity index (χ1) is 6.06. The van der Waals surface area contributed by atoms with Gasteiger partial charge < -0.3 is 16.8 Å². The number of amides is 2. The zero-order valence-electron chi connectivity index (χ0n) is 7.88. The molecule has 0 heterocycles. The van der Waals surface area contributed by atoms with Gasteiger partial charge in [0.05, 0.1) is 6.54 Å². The van der Waals surface area contributed by atoms with Crippen LogP contribution in [0.3, 0.4) is 0 Å². The summed E-state index contributed by atoms with van der Waals surface area (Å²) in [7, 11) is 0. The summed E-state index contributed by atoms with van der Waals surface area (Å²) in [4.78, 5) is 21.3. The summed E-state index contributed by atoms with van der Waals surface area (Å²) in [5.41, 5.74) is 10.5. The highest BCUT2D eigenvalue weighted by Gasteiger charge is 2.08. The molecule has 0 aromatic heterocycles. The van der Waals surface area contributed by atoms with Crippen LogP contribution in [0.2, 0.25) is 0 Å². The van der Waals surface area contributed by atoms with E-state index in [-0.39, 0.29) is 24.9 Å². The van der Waals surface area contributed by atoms with Crippen molar-refractivity contribution in [2.45, 2.75) is 32.2 Å². The molecular formula is C8H17N3O2. The summed E-state index contributed by atoms with van der Waals surface area (Å²) < 4.78 is 0. The maximum absolute atomic E-state index is 11.0. The maximum atomic E-state index is 11.0. The fourth-order valence-corrected chi connectivity index (χ4v) is 0.969. The average molecular weight is 187 g/mol. The lowest BCUT2D eigenvalue weighted by Gasteiger charge is -2.09. The number of hydrogen-bond acceptors (Lipinski definition) is 3. The van der Waals surface area contributed by atoms with Crippen molar-refractivity contribution in [3.63, 3.8) is 0 Å². The summed E-state index contributed by atoms with van der Waals surface area (Å²) in [6, 6.07) is -0.127. The molecule has 76 valence electrons. The highest BCUT2D eigenvalue weighted by Crippen LogP contribution is 1.97. The fourth-order valence-electron chi connectivity index (χ4n) is 0.969. The third-order valence-corrected chi connectivity index (χ3v) is 1.57. The van der Waals surface area contributed by atoms with Gasteiger partial charge in [0.25, 0.3) is 0 Å². The zero-order chi connectivity index (χ0) is 10.3. The summed E-state index contributed by atoms with van der Waals surface area (Å²) in [5.74, 6) is -0.767. The van der Waals surface area contributed by atoms with Gasteiger partial charge >= 0.3 is 0 Å². The van der Waals surface area contributed by atoms with Gasteiger partial charge in [0, 0.05) is 12.5 Å². The van der Waals surface area contributed by atoms with E-state index in [4.69, 9.17) is 11.5 Å². The molecule has 0 bridgehead atoms. The normalized spacial score (nSPS) is 12.2. The molecule has 0 aliphatic rings. The molecule has 0 rings (SSSR count). The number of nitrogens with one attached hydrogen (secondary N) is 1. The number of carbonyl (C=O) groups is 2. The van der Waals surface area contributed by atoms with Gasteiger partial charge in [-0.25, -0.2) is 0 Å². The Morgan fingerprint density at radius 3 is 2.54 bits per heavy atom. The highest BCUT2D eigenvalue weighted by atomic mass is 16.2. The Morgan fingerprint density at radius 2 is 2.08 bits per heavy atom. The molecule has 0 aromatic rings. The molecule has 13 heavy (non-hydrogen) atoms. The summed E-state index contributed by atoms with van der Waals surface area (Å²) in [6.07, 6.45) is 2.01. The lowest BCUT2D eigenvalue weighted by molar-refractivity contribution is -0.125. The average Bonchev–Trinajstić information content (AvgIpc) is 2.01. The molecule has 0 saturated carbocycles. The number of hydrogen-bond donors (Lipinski definition) is 3. The molecule has 0 saturated heterocycles. The first-order valence-corrected chi connectivity index (χ1v) is 4.36. The lowest BCUT2D eigenvalue weighted by atomic mass is 10.1.